The molecule has 1 fully saturated rings. The van der Waals surface area contributed by atoms with Gasteiger partial charge in [0.15, 0.2) is 16.2 Å². The van der Waals surface area contributed by atoms with E-state index in [-0.39, 0.29) is 11.7 Å². The van der Waals surface area contributed by atoms with Gasteiger partial charge in [0.1, 0.15) is 5.75 Å². The third-order valence-corrected chi connectivity index (χ3v) is 5.46. The molecule has 8 heteroatoms. The molecule has 0 saturated carbocycles. The maximum absolute atomic E-state index is 13.0. The molecular weight excluding hydrogens is 410 g/mol. The lowest BCUT2D eigenvalue weighted by atomic mass is 10.1. The second-order valence-corrected chi connectivity index (χ2v) is 7.94. The number of thioether (sulfide) groups is 1. The van der Waals surface area contributed by atoms with E-state index in [1.165, 1.54) is 18.7 Å². The van der Waals surface area contributed by atoms with Gasteiger partial charge in [-0.3, -0.25) is 14.5 Å². The van der Waals surface area contributed by atoms with Gasteiger partial charge < -0.3 is 9.84 Å². The molecule has 6 nitrogen and oxygen atoms in total. The summed E-state index contributed by atoms with van der Waals surface area (Å²) in [7, 11) is 0. The van der Waals surface area contributed by atoms with E-state index in [4.69, 9.17) is 22.1 Å². The van der Waals surface area contributed by atoms with Crippen molar-refractivity contribution < 1.29 is 24.2 Å². The lowest BCUT2D eigenvalue weighted by molar-refractivity contribution is -0.144. The number of aliphatic carboxylic acids is 1. The summed E-state index contributed by atoms with van der Waals surface area (Å²) < 4.78 is 5.83. The normalized spacial score (nSPS) is 16.2. The van der Waals surface area contributed by atoms with Gasteiger partial charge in [-0.05, 0) is 38.1 Å². The molecule has 0 spiro atoms. The molecule has 3 rings (SSSR count). The van der Waals surface area contributed by atoms with E-state index in [0.29, 0.717) is 31.8 Å². The number of carbonyl (C=O) groups excluding carboxylic acids is 2. The topological polar surface area (TPSA) is 83.9 Å². The lowest BCUT2D eigenvalue weighted by Crippen LogP contribution is -2.27. The van der Waals surface area contributed by atoms with E-state index in [1.807, 2.05) is 0 Å². The van der Waals surface area contributed by atoms with E-state index < -0.39 is 12.1 Å². The lowest BCUT2D eigenvalue weighted by Gasteiger charge is -2.15. The smallest absolute Gasteiger partial charge is 0.344 e. The van der Waals surface area contributed by atoms with Gasteiger partial charge in [0.05, 0.1) is 10.6 Å². The third kappa shape index (κ3) is 4.55. The molecular formula is C21H17NO5S2. The van der Waals surface area contributed by atoms with Crippen LogP contribution < -0.4 is 9.64 Å². The van der Waals surface area contributed by atoms with E-state index in [9.17, 15) is 14.4 Å². The Morgan fingerprint density at radius 3 is 2.62 bits per heavy atom. The highest BCUT2D eigenvalue weighted by Crippen LogP contribution is 2.37. The standard InChI is InChI=1S/C21H17NO5S2/c1-12(23)14-7-5-8-16(10-14)22-19(24)18(29-21(22)28)11-15-6-3-4-9-17(15)27-13(2)20(25)26/h3-11,13H,1-2H3,(H,25,26)/b18-11+. The Labute approximate surface area is 177 Å². The molecule has 0 aromatic heterocycles. The minimum atomic E-state index is -1.09. The quantitative estimate of drug-likeness (QED) is 0.421. The number of ether oxygens (including phenoxy) is 1. The number of rotatable bonds is 6. The second-order valence-electron chi connectivity index (χ2n) is 6.26. The van der Waals surface area contributed by atoms with Crippen LogP contribution in [0.5, 0.6) is 5.75 Å². The van der Waals surface area contributed by atoms with Gasteiger partial charge in [0.2, 0.25) is 0 Å². The van der Waals surface area contributed by atoms with Crippen LogP contribution in [-0.4, -0.2) is 33.2 Å². The number of carbonyl (C=O) groups is 3. The van der Waals surface area contributed by atoms with E-state index in [2.05, 4.69) is 0 Å². The van der Waals surface area contributed by atoms with Crippen LogP contribution in [0.25, 0.3) is 6.08 Å². The Hall–Kier alpha value is -2.97. The summed E-state index contributed by atoms with van der Waals surface area (Å²) in [5, 5.41) is 9.07. The Morgan fingerprint density at radius 2 is 1.93 bits per heavy atom. The number of benzene rings is 2. The van der Waals surface area contributed by atoms with Crippen LogP contribution in [-0.2, 0) is 9.59 Å². The van der Waals surface area contributed by atoms with Crippen LogP contribution in [0.15, 0.2) is 53.4 Å². The van der Waals surface area contributed by atoms with Gasteiger partial charge in [0.25, 0.3) is 5.91 Å². The minimum absolute atomic E-state index is 0.105. The van der Waals surface area contributed by atoms with Crippen molar-refractivity contribution in [3.8, 4) is 5.75 Å². The summed E-state index contributed by atoms with van der Waals surface area (Å²) >= 11 is 6.50. The van der Waals surface area contributed by atoms with Crippen LogP contribution in [0, 0.1) is 0 Å². The fourth-order valence-corrected chi connectivity index (χ4v) is 3.93. The molecule has 1 amide bonds. The van der Waals surface area contributed by atoms with Crippen LogP contribution in [0.4, 0.5) is 5.69 Å². The molecule has 0 radical (unpaired) electrons. The van der Waals surface area contributed by atoms with E-state index in [0.717, 1.165) is 11.8 Å². The molecule has 1 heterocycles. The fraction of sp³-hybridized carbons (Fsp3) is 0.143. The van der Waals surface area contributed by atoms with E-state index >= 15 is 0 Å². The molecule has 2 aromatic rings. The molecule has 1 unspecified atom stereocenters. The maximum atomic E-state index is 13.0. The molecule has 1 atom stereocenters. The van der Waals surface area contributed by atoms with Crippen molar-refractivity contribution in [3.63, 3.8) is 0 Å². The molecule has 29 heavy (non-hydrogen) atoms. The Bertz CT molecular complexity index is 1050. The SMILES string of the molecule is CC(=O)c1cccc(N2C(=O)/C(=C\c3ccccc3OC(C)C(=O)O)SC2=S)c1. The van der Waals surface area contributed by atoms with Crippen molar-refractivity contribution >= 4 is 57.7 Å². The zero-order valence-corrected chi connectivity index (χ0v) is 17.3. The highest BCUT2D eigenvalue weighted by molar-refractivity contribution is 8.27. The zero-order chi connectivity index (χ0) is 21.1. The first-order chi connectivity index (χ1) is 13.8. The van der Waals surface area contributed by atoms with Crippen molar-refractivity contribution in [1.29, 1.82) is 0 Å². The van der Waals surface area contributed by atoms with Crippen molar-refractivity contribution in [3.05, 3.63) is 64.6 Å². The van der Waals surface area contributed by atoms with Crippen LogP contribution in [0.2, 0.25) is 0 Å². The van der Waals surface area contributed by atoms with Gasteiger partial charge in [0, 0.05) is 11.1 Å². The monoisotopic (exact) mass is 427 g/mol. The number of hydrogen-bond acceptors (Lipinski definition) is 6. The molecule has 1 N–H and O–H groups in total. The highest BCUT2D eigenvalue weighted by Gasteiger charge is 2.33. The molecule has 148 valence electrons. The summed E-state index contributed by atoms with van der Waals surface area (Å²) in [6, 6.07) is 13.6. The molecule has 0 aliphatic carbocycles. The third-order valence-electron chi connectivity index (χ3n) is 4.16. The first-order valence-corrected chi connectivity index (χ1v) is 9.88. The number of anilines is 1. The number of hydrogen-bond donors (Lipinski definition) is 1. The number of Topliss-reactive ketones (excluding diaryl/α,β-unsaturated/α-hetero) is 1. The predicted molar refractivity (Wildman–Crippen MR) is 116 cm³/mol. The Morgan fingerprint density at radius 1 is 1.21 bits per heavy atom. The number of ketones is 1. The van der Waals surface area contributed by atoms with Crippen molar-refractivity contribution in [2.24, 2.45) is 0 Å². The van der Waals surface area contributed by atoms with Gasteiger partial charge in [-0.2, -0.15) is 0 Å². The molecule has 1 aliphatic rings. The summed E-state index contributed by atoms with van der Waals surface area (Å²) in [4.78, 5) is 37.5. The maximum Gasteiger partial charge on any atom is 0.344 e. The molecule has 0 bridgehead atoms. The molecule has 2 aromatic carbocycles. The van der Waals surface area contributed by atoms with Crippen LogP contribution in [0.3, 0.4) is 0 Å². The summed E-state index contributed by atoms with van der Waals surface area (Å²) in [6.45, 7) is 2.89. The number of nitrogens with zero attached hydrogens (tertiary/aromatic N) is 1. The van der Waals surface area contributed by atoms with Gasteiger partial charge in [-0.15, -0.1) is 0 Å². The van der Waals surface area contributed by atoms with Crippen molar-refractivity contribution in [1.82, 2.24) is 0 Å². The van der Waals surface area contributed by atoms with Gasteiger partial charge in [-0.1, -0.05) is 54.3 Å². The number of thiocarbonyl (C=S) groups is 1. The first kappa shape index (κ1) is 20.8. The van der Waals surface area contributed by atoms with Crippen molar-refractivity contribution in [2.75, 3.05) is 4.90 Å². The molecule has 1 aliphatic heterocycles. The zero-order valence-electron chi connectivity index (χ0n) is 15.6. The summed E-state index contributed by atoms with van der Waals surface area (Å²) in [5.74, 6) is -1.16. The second kappa shape index (κ2) is 8.59. The number of para-hydroxylation sites is 1. The average molecular weight is 428 g/mol. The Kier molecular flexibility index (Phi) is 6.14. The average Bonchev–Trinajstić information content (AvgIpc) is 2.96. The number of carboxylic acid groups (broad SMARTS) is 1. The minimum Gasteiger partial charge on any atom is -0.479 e. The van der Waals surface area contributed by atoms with Crippen molar-refractivity contribution in [2.45, 2.75) is 20.0 Å². The number of carboxylic acids is 1. The molecule has 1 saturated heterocycles. The van der Waals surface area contributed by atoms with Gasteiger partial charge >= 0.3 is 5.97 Å². The summed E-state index contributed by atoms with van der Waals surface area (Å²) in [6.07, 6.45) is 0.589. The highest BCUT2D eigenvalue weighted by atomic mass is 32.2. The largest absolute Gasteiger partial charge is 0.479 e. The van der Waals surface area contributed by atoms with Crippen LogP contribution >= 0.6 is 24.0 Å². The van der Waals surface area contributed by atoms with Crippen LogP contribution in [0.1, 0.15) is 29.8 Å². The Balaban J connectivity index is 1.92. The number of amides is 1. The van der Waals surface area contributed by atoms with Gasteiger partial charge in [-0.25, -0.2) is 4.79 Å². The first-order valence-electron chi connectivity index (χ1n) is 8.65. The predicted octanol–water partition coefficient (Wildman–Crippen LogP) is 4.15. The fourth-order valence-electron chi connectivity index (χ4n) is 2.64. The van der Waals surface area contributed by atoms with E-state index in [1.54, 1.807) is 54.6 Å². The summed E-state index contributed by atoms with van der Waals surface area (Å²) in [5.41, 5.74) is 1.58.